The number of amides is 2. The van der Waals surface area contributed by atoms with Crippen molar-refractivity contribution in [1.82, 2.24) is 15.1 Å². The lowest BCUT2D eigenvalue weighted by Crippen LogP contribution is -2.48. The summed E-state index contributed by atoms with van der Waals surface area (Å²) in [6, 6.07) is 10.0. The zero-order valence-corrected chi connectivity index (χ0v) is 21.4. The van der Waals surface area contributed by atoms with Crippen LogP contribution < -0.4 is 10.2 Å². The molecule has 0 saturated carbocycles. The molecule has 3 aliphatic heterocycles. The molecule has 1 N–H and O–H groups in total. The number of ether oxygens (including phenoxy) is 1. The lowest BCUT2D eigenvalue weighted by molar-refractivity contribution is -0.121. The van der Waals surface area contributed by atoms with Crippen LogP contribution in [-0.2, 0) is 16.0 Å². The summed E-state index contributed by atoms with van der Waals surface area (Å²) in [6.45, 7) is 12.7. The number of rotatable bonds is 5. The lowest BCUT2D eigenvalue weighted by Gasteiger charge is -2.33. The van der Waals surface area contributed by atoms with Crippen molar-refractivity contribution in [3.05, 3.63) is 29.8 Å². The van der Waals surface area contributed by atoms with Crippen LogP contribution in [0.5, 0.6) is 0 Å². The molecule has 0 spiro atoms. The van der Waals surface area contributed by atoms with Gasteiger partial charge in [0.2, 0.25) is 5.91 Å². The number of piperidine rings is 1. The van der Waals surface area contributed by atoms with Crippen LogP contribution in [0.3, 0.4) is 0 Å². The Balaban J connectivity index is 1.20. The molecule has 0 aromatic heterocycles. The zero-order valence-electron chi connectivity index (χ0n) is 21.4. The van der Waals surface area contributed by atoms with Gasteiger partial charge >= 0.3 is 6.09 Å². The predicted octanol–water partition coefficient (Wildman–Crippen LogP) is 3.81. The van der Waals surface area contributed by atoms with Gasteiger partial charge in [0, 0.05) is 50.0 Å². The largest absolute Gasteiger partial charge is 0.444 e. The van der Waals surface area contributed by atoms with Crippen molar-refractivity contribution >= 4 is 17.7 Å². The summed E-state index contributed by atoms with van der Waals surface area (Å²) in [6.07, 6.45) is 5.54. The summed E-state index contributed by atoms with van der Waals surface area (Å²) in [5.74, 6) is 0.0488. The number of hydrogen-bond acceptors (Lipinski definition) is 5. The van der Waals surface area contributed by atoms with E-state index in [9.17, 15) is 9.59 Å². The van der Waals surface area contributed by atoms with Crippen LogP contribution in [0.15, 0.2) is 24.3 Å². The number of benzene rings is 1. The minimum absolute atomic E-state index is 0.0488. The minimum atomic E-state index is -0.485. The zero-order chi connectivity index (χ0) is 24.3. The molecular formula is C27H42N4O3. The number of anilines is 1. The standard InChI is InChI=1S/C27H42N4O3/c1-20-6-5-14-31(20)24-13-17-30(19-24)23-9-7-21(8-10-23)18-25(32)28-22-11-15-29(16-12-22)26(33)34-27(2,3)4/h7-10,20,22,24H,5-6,11-19H2,1-4H3,(H,28,32)/t20-,24-/m0/s1. The highest BCUT2D eigenvalue weighted by Gasteiger charge is 2.33. The Bertz CT molecular complexity index is 842. The van der Waals surface area contributed by atoms with Gasteiger partial charge < -0.3 is 19.9 Å². The number of nitrogens with zero attached hydrogens (tertiary/aromatic N) is 3. The average Bonchev–Trinajstić information content (AvgIpc) is 3.42. The predicted molar refractivity (Wildman–Crippen MR) is 135 cm³/mol. The van der Waals surface area contributed by atoms with Gasteiger partial charge in [-0.2, -0.15) is 0 Å². The third-order valence-electron chi connectivity index (χ3n) is 7.41. The van der Waals surface area contributed by atoms with Gasteiger partial charge in [-0.15, -0.1) is 0 Å². The van der Waals surface area contributed by atoms with E-state index in [2.05, 4.69) is 46.3 Å². The molecule has 34 heavy (non-hydrogen) atoms. The number of likely N-dealkylation sites (tertiary alicyclic amines) is 2. The normalized spacial score (nSPS) is 24.5. The van der Waals surface area contributed by atoms with E-state index in [0.29, 0.717) is 25.6 Å². The highest BCUT2D eigenvalue weighted by molar-refractivity contribution is 5.79. The summed E-state index contributed by atoms with van der Waals surface area (Å²) in [5, 5.41) is 3.15. The van der Waals surface area contributed by atoms with E-state index >= 15 is 0 Å². The molecule has 1 aromatic rings. The summed E-state index contributed by atoms with van der Waals surface area (Å²) >= 11 is 0. The van der Waals surface area contributed by atoms with Crippen LogP contribution >= 0.6 is 0 Å². The van der Waals surface area contributed by atoms with E-state index in [0.717, 1.165) is 37.5 Å². The fourth-order valence-corrected chi connectivity index (χ4v) is 5.57. The first kappa shape index (κ1) is 24.8. The molecule has 2 atom stereocenters. The number of carbonyl (C=O) groups is 2. The van der Waals surface area contributed by atoms with Gasteiger partial charge in [0.25, 0.3) is 0 Å². The molecule has 1 aromatic carbocycles. The highest BCUT2D eigenvalue weighted by atomic mass is 16.6. The maximum Gasteiger partial charge on any atom is 0.410 e. The Hall–Kier alpha value is -2.28. The molecule has 0 aliphatic carbocycles. The van der Waals surface area contributed by atoms with Crippen LogP contribution in [0, 0.1) is 0 Å². The maximum absolute atomic E-state index is 12.6. The summed E-state index contributed by atoms with van der Waals surface area (Å²) in [4.78, 5) is 31.7. The van der Waals surface area contributed by atoms with Gasteiger partial charge in [-0.3, -0.25) is 9.69 Å². The Morgan fingerprint density at radius 2 is 1.71 bits per heavy atom. The van der Waals surface area contributed by atoms with Crippen LogP contribution in [-0.4, -0.2) is 78.3 Å². The van der Waals surface area contributed by atoms with Crippen molar-refractivity contribution in [1.29, 1.82) is 0 Å². The van der Waals surface area contributed by atoms with Crippen LogP contribution in [0.4, 0.5) is 10.5 Å². The van der Waals surface area contributed by atoms with E-state index in [1.165, 1.54) is 31.5 Å². The quantitative estimate of drug-likeness (QED) is 0.709. The van der Waals surface area contributed by atoms with Crippen molar-refractivity contribution in [2.75, 3.05) is 37.6 Å². The van der Waals surface area contributed by atoms with E-state index in [1.54, 1.807) is 4.90 Å². The Labute approximate surface area is 204 Å². The molecule has 188 valence electrons. The molecule has 7 nitrogen and oxygen atoms in total. The third-order valence-corrected chi connectivity index (χ3v) is 7.41. The molecule has 3 fully saturated rings. The highest BCUT2D eigenvalue weighted by Crippen LogP contribution is 2.28. The second-order valence-electron chi connectivity index (χ2n) is 11.3. The molecule has 2 amide bonds. The molecule has 7 heteroatoms. The van der Waals surface area contributed by atoms with Crippen molar-refractivity contribution in [3.63, 3.8) is 0 Å². The summed E-state index contributed by atoms with van der Waals surface area (Å²) < 4.78 is 5.45. The fourth-order valence-electron chi connectivity index (χ4n) is 5.57. The SMILES string of the molecule is C[C@H]1CCCN1[C@H]1CCN(c2ccc(CC(=O)NC3CCN(C(=O)OC(C)(C)C)CC3)cc2)C1. The third kappa shape index (κ3) is 6.44. The second-order valence-corrected chi connectivity index (χ2v) is 11.3. The smallest absolute Gasteiger partial charge is 0.410 e. The monoisotopic (exact) mass is 470 g/mol. The van der Waals surface area contributed by atoms with Crippen molar-refractivity contribution in [3.8, 4) is 0 Å². The van der Waals surface area contributed by atoms with Gasteiger partial charge in [-0.1, -0.05) is 12.1 Å². The Morgan fingerprint density at radius 3 is 2.32 bits per heavy atom. The lowest BCUT2D eigenvalue weighted by atomic mass is 10.0. The number of hydrogen-bond donors (Lipinski definition) is 1. The first-order valence-electron chi connectivity index (χ1n) is 13.0. The van der Waals surface area contributed by atoms with Gasteiger partial charge in [0.05, 0.1) is 6.42 Å². The van der Waals surface area contributed by atoms with E-state index in [1.807, 2.05) is 20.8 Å². The molecular weight excluding hydrogens is 428 g/mol. The van der Waals surface area contributed by atoms with Gasteiger partial charge in [0.15, 0.2) is 0 Å². The molecule has 0 unspecified atom stereocenters. The van der Waals surface area contributed by atoms with Crippen LogP contribution in [0.1, 0.15) is 65.4 Å². The molecule has 3 heterocycles. The maximum atomic E-state index is 12.6. The van der Waals surface area contributed by atoms with Gasteiger partial charge in [-0.25, -0.2) is 4.79 Å². The molecule has 0 bridgehead atoms. The second kappa shape index (κ2) is 10.5. The van der Waals surface area contributed by atoms with Crippen molar-refractivity contribution in [2.45, 2.75) is 89.9 Å². The average molecular weight is 471 g/mol. The molecule has 3 aliphatic rings. The van der Waals surface area contributed by atoms with Crippen molar-refractivity contribution in [2.24, 2.45) is 0 Å². The van der Waals surface area contributed by atoms with Crippen LogP contribution in [0.2, 0.25) is 0 Å². The minimum Gasteiger partial charge on any atom is -0.444 e. The summed E-state index contributed by atoms with van der Waals surface area (Å²) in [7, 11) is 0. The topological polar surface area (TPSA) is 65.1 Å². The van der Waals surface area contributed by atoms with Crippen molar-refractivity contribution < 1.29 is 14.3 Å². The first-order chi connectivity index (χ1) is 16.2. The number of carbonyl (C=O) groups excluding carboxylic acids is 2. The molecule has 0 radical (unpaired) electrons. The van der Waals surface area contributed by atoms with E-state index in [4.69, 9.17) is 4.74 Å². The van der Waals surface area contributed by atoms with Gasteiger partial charge in [0.1, 0.15) is 5.60 Å². The van der Waals surface area contributed by atoms with Gasteiger partial charge in [-0.05, 0) is 84.0 Å². The fraction of sp³-hybridized carbons (Fsp3) is 0.704. The summed E-state index contributed by atoms with van der Waals surface area (Å²) in [5.41, 5.74) is 1.81. The Morgan fingerprint density at radius 1 is 1.00 bits per heavy atom. The first-order valence-corrected chi connectivity index (χ1v) is 13.0. The van der Waals surface area contributed by atoms with E-state index < -0.39 is 5.60 Å². The Kier molecular flexibility index (Phi) is 7.70. The molecule has 3 saturated heterocycles. The van der Waals surface area contributed by atoms with Crippen LogP contribution in [0.25, 0.3) is 0 Å². The molecule has 4 rings (SSSR count). The van der Waals surface area contributed by atoms with E-state index in [-0.39, 0.29) is 18.0 Å². The number of nitrogens with one attached hydrogen (secondary N) is 1.